The highest BCUT2D eigenvalue weighted by Gasteiger charge is 2.49. The number of ether oxygens (including phenoxy) is 2. The van der Waals surface area contributed by atoms with Gasteiger partial charge in [0.05, 0.1) is 13.2 Å². The molecule has 4 aliphatic heterocycles. The Labute approximate surface area is 275 Å². The topological polar surface area (TPSA) is 268 Å². The molecule has 0 spiro atoms. The fraction of sp³-hybridized carbons (Fsp3) is 0.593. The van der Waals surface area contributed by atoms with Gasteiger partial charge in [0.2, 0.25) is 18.2 Å². The number of imidazole rings is 1. The molecule has 6 heterocycles. The lowest BCUT2D eigenvalue weighted by Crippen LogP contribution is -2.48. The van der Waals surface area contributed by atoms with Crippen LogP contribution in [0.25, 0.3) is 22.6 Å². The van der Waals surface area contributed by atoms with Gasteiger partial charge in [0.1, 0.15) is 42.4 Å². The Balaban J connectivity index is 0.000000582. The van der Waals surface area contributed by atoms with Crippen LogP contribution in [0, 0.1) is 0 Å². The zero-order valence-electron chi connectivity index (χ0n) is 26.3. The van der Waals surface area contributed by atoms with Gasteiger partial charge in [-0.05, 0) is 19.6 Å². The Hall–Kier alpha value is -2.45. The second-order valence-corrected chi connectivity index (χ2v) is 14.2. The van der Waals surface area contributed by atoms with E-state index in [1.165, 1.54) is 30.5 Å². The van der Waals surface area contributed by atoms with E-state index in [1.54, 1.807) is 30.3 Å². The van der Waals surface area contributed by atoms with E-state index in [-0.39, 0.29) is 22.8 Å². The summed E-state index contributed by atoms with van der Waals surface area (Å²) in [4.78, 5) is 33.6. The van der Waals surface area contributed by atoms with E-state index in [9.17, 15) is 39.3 Å². The minimum absolute atomic E-state index is 0.0692. The van der Waals surface area contributed by atoms with Crippen molar-refractivity contribution >= 4 is 32.6 Å². The number of aliphatic hydroxyl groups excluding tert-OH is 4. The number of nitrogens with zero attached hydrogens (tertiary/aromatic N) is 5. The minimum Gasteiger partial charge on any atom is -0.756 e. The first-order valence-corrected chi connectivity index (χ1v) is 18.2. The molecule has 2 unspecified atom stereocenters. The molecule has 2 saturated heterocycles. The summed E-state index contributed by atoms with van der Waals surface area (Å²) in [6.45, 7) is 8.32. The van der Waals surface area contributed by atoms with Gasteiger partial charge in [-0.15, -0.1) is 0 Å². The third-order valence-corrected chi connectivity index (χ3v) is 10.9. The van der Waals surface area contributed by atoms with Gasteiger partial charge >= 0.3 is 7.82 Å². The molecule has 2 aromatic heterocycles. The lowest BCUT2D eigenvalue weighted by atomic mass is 10.1. The highest BCUT2D eigenvalue weighted by Crippen LogP contribution is 2.58. The molecule has 0 radical (unpaired) electrons. The highest BCUT2D eigenvalue weighted by atomic mass is 31.3. The number of anilines is 1. The van der Waals surface area contributed by atoms with E-state index in [4.69, 9.17) is 19.7 Å². The predicted molar refractivity (Wildman–Crippen MR) is 163 cm³/mol. The van der Waals surface area contributed by atoms with Crippen LogP contribution in [0.4, 0.5) is 5.82 Å². The molecular formula is C27H40N6O13P2. The van der Waals surface area contributed by atoms with Crippen LogP contribution in [0.3, 0.4) is 0 Å². The van der Waals surface area contributed by atoms with Crippen LogP contribution in [0.15, 0.2) is 36.7 Å². The van der Waals surface area contributed by atoms with E-state index in [0.717, 1.165) is 4.57 Å². The fourth-order valence-corrected chi connectivity index (χ4v) is 7.66. The van der Waals surface area contributed by atoms with Gasteiger partial charge in [0, 0.05) is 5.56 Å². The molecule has 0 saturated carbocycles. The first-order chi connectivity index (χ1) is 22.7. The Morgan fingerprint density at radius 3 is 2.19 bits per heavy atom. The summed E-state index contributed by atoms with van der Waals surface area (Å²) < 4.78 is 52.0. The first kappa shape index (κ1) is 36.8. The zero-order valence-corrected chi connectivity index (χ0v) is 28.1. The molecule has 2 fully saturated rings. The molecular weight excluding hydrogens is 678 g/mol. The molecule has 10 atom stereocenters. The maximum absolute atomic E-state index is 12.4. The average Bonchev–Trinajstić information content (AvgIpc) is 3.67. The molecule has 7 N–H and O–H groups in total. The van der Waals surface area contributed by atoms with Gasteiger partial charge in [-0.25, -0.2) is 18.4 Å². The fourth-order valence-electron chi connectivity index (χ4n) is 5.61. The Bertz CT molecular complexity index is 1660. The minimum atomic E-state index is -5.54. The van der Waals surface area contributed by atoms with Crippen LogP contribution >= 0.6 is 15.6 Å². The van der Waals surface area contributed by atoms with E-state index in [1.807, 2.05) is 0 Å². The molecule has 48 heavy (non-hydrogen) atoms. The van der Waals surface area contributed by atoms with Crippen molar-refractivity contribution < 1.29 is 66.7 Å². The summed E-state index contributed by atoms with van der Waals surface area (Å²) >= 11 is 0. The van der Waals surface area contributed by atoms with Gasteiger partial charge < -0.3 is 54.8 Å². The molecule has 21 heteroatoms. The number of rotatable bonds is 4. The summed E-state index contributed by atoms with van der Waals surface area (Å²) in [5.74, 6) is 0.118. The van der Waals surface area contributed by atoms with Crippen molar-refractivity contribution in [2.45, 2.75) is 69.9 Å². The van der Waals surface area contributed by atoms with Crippen LogP contribution in [0.5, 0.6) is 0 Å². The van der Waals surface area contributed by atoms with Crippen LogP contribution in [-0.4, -0.2) is 114 Å². The van der Waals surface area contributed by atoms with E-state index in [2.05, 4.69) is 44.5 Å². The third kappa shape index (κ3) is 7.50. The average molecular weight is 719 g/mol. The zero-order chi connectivity index (χ0) is 35.0. The van der Waals surface area contributed by atoms with Crippen molar-refractivity contribution in [1.29, 1.82) is 0 Å². The SMILES string of the molecule is CCN(CC)CC.Nc1c2nc(-c3ccccc3)n3c2nc[n+]1[C@@H]1O[C@H](COP(=O)([O-])OP(=O)(O)OC[C@H]2O[C@@H]3[C@H](O)[C@@H]2O)[C@@H](O)[C@H]1O. The summed E-state index contributed by atoms with van der Waals surface area (Å²) in [7, 11) is -10.9. The first-order valence-electron chi connectivity index (χ1n) is 15.2. The molecule has 19 nitrogen and oxygen atoms in total. The molecule has 7 rings (SSSR count). The van der Waals surface area contributed by atoms with Gasteiger partial charge in [-0.1, -0.05) is 56.1 Å². The molecule has 3 aromatic rings. The maximum atomic E-state index is 12.4. The Morgan fingerprint density at radius 2 is 1.56 bits per heavy atom. The van der Waals surface area contributed by atoms with Crippen molar-refractivity contribution in [3.8, 4) is 11.4 Å². The van der Waals surface area contributed by atoms with Crippen molar-refractivity contribution in [2.75, 3.05) is 38.6 Å². The summed E-state index contributed by atoms with van der Waals surface area (Å²) in [6.07, 6.45) is -11.1. The van der Waals surface area contributed by atoms with Gasteiger partial charge in [-0.2, -0.15) is 0 Å². The lowest BCUT2D eigenvalue weighted by molar-refractivity contribution is -0.755. The number of hydrogen-bond donors (Lipinski definition) is 6. The van der Waals surface area contributed by atoms with Crippen LogP contribution in [0.1, 0.15) is 33.2 Å². The smallest absolute Gasteiger partial charge is 0.478 e. The number of phosphoric ester groups is 2. The summed E-state index contributed by atoms with van der Waals surface area (Å²) in [5.41, 5.74) is 7.13. The van der Waals surface area contributed by atoms with Crippen LogP contribution in [-0.2, 0) is 32.0 Å². The number of benzene rings is 1. The monoisotopic (exact) mass is 718 g/mol. The quantitative estimate of drug-likeness (QED) is 0.142. The van der Waals surface area contributed by atoms with Crippen LogP contribution in [0.2, 0.25) is 0 Å². The normalized spacial score (nSPS) is 35.5. The van der Waals surface area contributed by atoms with E-state index < -0.39 is 77.9 Å². The van der Waals surface area contributed by atoms with E-state index >= 15 is 0 Å². The summed E-state index contributed by atoms with van der Waals surface area (Å²) in [6, 6.07) is 8.65. The second kappa shape index (κ2) is 14.8. The van der Waals surface area contributed by atoms with E-state index in [0.29, 0.717) is 5.56 Å². The van der Waals surface area contributed by atoms with Crippen molar-refractivity contribution in [2.24, 2.45) is 0 Å². The largest absolute Gasteiger partial charge is 0.756 e. The molecule has 0 amide bonds. The number of fused-ring (bicyclic) bond motifs is 7. The standard InChI is InChI=1S/C21H25N5O13P2.C6H15N/c22-17-12-19-23-8-25(17)20-15(29)13(27)10(37-20)6-35-40(31,32)39-41(33,34)36-7-11-14(28)16(30)21(38-11)26(19)18(24-12)9-4-2-1-3-5-9;1-4-7(5-2)6-3/h1-5,8,10-11,13-16,20-22,27-30H,6-7H2,(H2,31,32,33,34);4-6H2,1-3H3/t10-,11-,13-,14-,15-,16-,20-,21-;/m1./s1. The lowest BCUT2D eigenvalue weighted by Gasteiger charge is -2.26. The second-order valence-electron chi connectivity index (χ2n) is 11.2. The predicted octanol–water partition coefficient (Wildman–Crippen LogP) is -0.813. The molecule has 266 valence electrons. The van der Waals surface area contributed by atoms with Crippen molar-refractivity contribution in [3.63, 3.8) is 0 Å². The van der Waals surface area contributed by atoms with Crippen molar-refractivity contribution in [3.05, 3.63) is 36.7 Å². The third-order valence-electron chi connectivity index (χ3n) is 8.29. The van der Waals surface area contributed by atoms with Gasteiger partial charge in [0.15, 0.2) is 11.7 Å². The molecule has 4 aliphatic rings. The number of aliphatic hydroxyl groups is 4. The number of nitrogen functional groups attached to an aromatic ring is 1. The Morgan fingerprint density at radius 1 is 0.958 bits per heavy atom. The summed E-state index contributed by atoms with van der Waals surface area (Å²) in [5, 5.41) is 42.8. The van der Waals surface area contributed by atoms with Crippen molar-refractivity contribution in [1.82, 2.24) is 19.4 Å². The van der Waals surface area contributed by atoms with Gasteiger partial charge in [0.25, 0.3) is 13.6 Å². The number of phosphoric acid groups is 2. The molecule has 8 bridgehead atoms. The maximum Gasteiger partial charge on any atom is 0.478 e. The highest BCUT2D eigenvalue weighted by molar-refractivity contribution is 7.60. The van der Waals surface area contributed by atoms with Crippen LogP contribution < -0.4 is 15.2 Å². The van der Waals surface area contributed by atoms with Gasteiger partial charge in [-0.3, -0.25) is 13.7 Å². The molecule has 0 aliphatic carbocycles. The molecule has 1 aromatic carbocycles. The number of hydrogen-bond acceptors (Lipinski definition) is 16. The number of aromatic nitrogens is 4. The Kier molecular flexibility index (Phi) is 11.4. The number of nitrogens with two attached hydrogens (primary N) is 1.